The van der Waals surface area contributed by atoms with Crippen molar-refractivity contribution in [1.82, 2.24) is 4.90 Å². The highest BCUT2D eigenvalue weighted by Crippen LogP contribution is 2.20. The molecule has 2 heteroatoms. The minimum Gasteiger partial charge on any atom is -0.394 e. The van der Waals surface area contributed by atoms with Gasteiger partial charge in [0, 0.05) is 12.1 Å². The van der Waals surface area contributed by atoms with Crippen molar-refractivity contribution in [1.29, 1.82) is 0 Å². The Morgan fingerprint density at radius 3 is 2.42 bits per heavy atom. The summed E-state index contributed by atoms with van der Waals surface area (Å²) in [6.07, 6.45) is 1.03. The van der Waals surface area contributed by atoms with Crippen molar-refractivity contribution in [2.75, 3.05) is 20.2 Å². The molecule has 0 aliphatic heterocycles. The summed E-state index contributed by atoms with van der Waals surface area (Å²) in [5, 5.41) is 9.39. The molecule has 1 rings (SSSR count). The molecule has 0 heterocycles. The third kappa shape index (κ3) is 4.32. The van der Waals surface area contributed by atoms with Crippen LogP contribution in [0, 0.1) is 6.92 Å². The molecular weight excluding hydrogens is 234 g/mol. The molecule has 0 saturated heterocycles. The molecule has 1 N–H and O–H groups in total. The van der Waals surface area contributed by atoms with Crippen molar-refractivity contribution in [3.8, 4) is 0 Å². The normalized spacial score (nSPS) is 12.5. The van der Waals surface area contributed by atoms with E-state index in [1.165, 1.54) is 16.7 Å². The van der Waals surface area contributed by atoms with Gasteiger partial charge < -0.3 is 5.11 Å². The van der Waals surface area contributed by atoms with E-state index in [0.717, 1.165) is 13.0 Å². The van der Waals surface area contributed by atoms with Crippen LogP contribution in [0.2, 0.25) is 0 Å². The van der Waals surface area contributed by atoms with Crippen LogP contribution in [0.1, 0.15) is 50.3 Å². The zero-order valence-corrected chi connectivity index (χ0v) is 13.3. The fourth-order valence-electron chi connectivity index (χ4n) is 2.03. The van der Waals surface area contributed by atoms with Gasteiger partial charge in [-0.05, 0) is 56.8 Å². The molecule has 0 aliphatic rings. The lowest BCUT2D eigenvalue weighted by Gasteiger charge is -2.34. The van der Waals surface area contributed by atoms with Crippen molar-refractivity contribution >= 4 is 0 Å². The number of nitrogens with zero attached hydrogens (tertiary/aromatic N) is 1. The highest BCUT2D eigenvalue weighted by atomic mass is 16.3. The predicted molar refractivity (Wildman–Crippen MR) is 82.8 cm³/mol. The molecule has 0 atom stereocenters. The standard InChI is InChI=1S/C17H29NO/c1-13(2)15-8-7-14(3)16(11-15)9-10-18(6)17(4,5)12-19/h7-8,11,13,19H,9-10,12H2,1-6H3. The number of aryl methyl sites for hydroxylation is 1. The average molecular weight is 263 g/mol. The van der Waals surface area contributed by atoms with Crippen molar-refractivity contribution < 1.29 is 5.11 Å². The van der Waals surface area contributed by atoms with E-state index in [9.17, 15) is 5.11 Å². The zero-order valence-electron chi connectivity index (χ0n) is 13.3. The van der Waals surface area contributed by atoms with E-state index in [1.54, 1.807) is 0 Å². The maximum absolute atomic E-state index is 9.39. The third-order valence-corrected chi connectivity index (χ3v) is 4.18. The predicted octanol–water partition coefficient (Wildman–Crippen LogP) is 3.36. The Labute approximate surface area is 118 Å². The van der Waals surface area contributed by atoms with E-state index in [2.05, 4.69) is 64.8 Å². The maximum atomic E-state index is 9.39. The summed E-state index contributed by atoms with van der Waals surface area (Å²) in [6.45, 7) is 11.9. The molecule has 0 unspecified atom stereocenters. The van der Waals surface area contributed by atoms with Gasteiger partial charge in [0.05, 0.1) is 6.61 Å². The summed E-state index contributed by atoms with van der Waals surface area (Å²) in [5.41, 5.74) is 4.04. The largest absolute Gasteiger partial charge is 0.394 e. The van der Waals surface area contributed by atoms with Gasteiger partial charge in [0.2, 0.25) is 0 Å². The van der Waals surface area contributed by atoms with Gasteiger partial charge in [-0.2, -0.15) is 0 Å². The molecule has 0 radical (unpaired) electrons. The van der Waals surface area contributed by atoms with Gasteiger partial charge in [0.15, 0.2) is 0 Å². The molecular formula is C17H29NO. The molecule has 0 aliphatic carbocycles. The molecule has 2 nitrogen and oxygen atoms in total. The first kappa shape index (κ1) is 16.2. The highest BCUT2D eigenvalue weighted by molar-refractivity contribution is 5.32. The Morgan fingerprint density at radius 1 is 1.26 bits per heavy atom. The van der Waals surface area contributed by atoms with Crippen LogP contribution >= 0.6 is 0 Å². The van der Waals surface area contributed by atoms with Crippen LogP contribution in [0.15, 0.2) is 18.2 Å². The number of aliphatic hydroxyl groups is 1. The van der Waals surface area contributed by atoms with E-state index < -0.39 is 0 Å². The second kappa shape index (κ2) is 6.53. The molecule has 0 amide bonds. The van der Waals surface area contributed by atoms with Crippen LogP contribution in [0.25, 0.3) is 0 Å². The topological polar surface area (TPSA) is 23.5 Å². The van der Waals surface area contributed by atoms with Gasteiger partial charge in [0.25, 0.3) is 0 Å². The second-order valence-electron chi connectivity index (χ2n) is 6.48. The van der Waals surface area contributed by atoms with Crippen molar-refractivity contribution in [3.05, 3.63) is 34.9 Å². The monoisotopic (exact) mass is 263 g/mol. The second-order valence-corrected chi connectivity index (χ2v) is 6.48. The molecule has 0 aromatic heterocycles. The van der Waals surface area contributed by atoms with E-state index in [4.69, 9.17) is 0 Å². The lowest BCUT2D eigenvalue weighted by molar-refractivity contribution is 0.0800. The first-order valence-corrected chi connectivity index (χ1v) is 7.19. The quantitative estimate of drug-likeness (QED) is 0.850. The molecule has 0 bridgehead atoms. The van der Waals surface area contributed by atoms with Crippen LogP contribution in [-0.2, 0) is 6.42 Å². The summed E-state index contributed by atoms with van der Waals surface area (Å²) in [5.74, 6) is 0.575. The minimum atomic E-state index is -0.149. The van der Waals surface area contributed by atoms with Crippen LogP contribution in [-0.4, -0.2) is 35.7 Å². The van der Waals surface area contributed by atoms with Gasteiger partial charge in [-0.25, -0.2) is 0 Å². The Bertz CT molecular complexity index is 410. The van der Waals surface area contributed by atoms with E-state index >= 15 is 0 Å². The number of benzene rings is 1. The van der Waals surface area contributed by atoms with Crippen molar-refractivity contribution in [3.63, 3.8) is 0 Å². The van der Waals surface area contributed by atoms with E-state index in [1.807, 2.05) is 0 Å². The van der Waals surface area contributed by atoms with Gasteiger partial charge >= 0.3 is 0 Å². The minimum absolute atomic E-state index is 0.149. The van der Waals surface area contributed by atoms with Gasteiger partial charge in [0.1, 0.15) is 0 Å². The Kier molecular flexibility index (Phi) is 5.57. The summed E-state index contributed by atoms with van der Waals surface area (Å²) >= 11 is 0. The van der Waals surface area contributed by atoms with Crippen molar-refractivity contribution in [2.45, 2.75) is 52.5 Å². The molecule has 0 spiro atoms. The Balaban J connectivity index is 2.75. The maximum Gasteiger partial charge on any atom is 0.0609 e. The van der Waals surface area contributed by atoms with Crippen LogP contribution < -0.4 is 0 Å². The number of rotatable bonds is 6. The number of likely N-dealkylation sites (N-methyl/N-ethyl adjacent to an activating group) is 1. The molecule has 0 fully saturated rings. The van der Waals surface area contributed by atoms with E-state index in [-0.39, 0.29) is 12.1 Å². The number of hydrogen-bond donors (Lipinski definition) is 1. The Hall–Kier alpha value is -0.860. The Morgan fingerprint density at radius 2 is 1.89 bits per heavy atom. The van der Waals surface area contributed by atoms with Crippen LogP contribution in [0.5, 0.6) is 0 Å². The fourth-order valence-corrected chi connectivity index (χ4v) is 2.03. The third-order valence-electron chi connectivity index (χ3n) is 4.18. The molecule has 19 heavy (non-hydrogen) atoms. The fraction of sp³-hybridized carbons (Fsp3) is 0.647. The first-order valence-electron chi connectivity index (χ1n) is 7.19. The summed E-state index contributed by atoms with van der Waals surface area (Å²) in [4.78, 5) is 2.23. The first-order chi connectivity index (χ1) is 8.77. The highest BCUT2D eigenvalue weighted by Gasteiger charge is 2.21. The smallest absolute Gasteiger partial charge is 0.0609 e. The SMILES string of the molecule is Cc1ccc(C(C)C)cc1CCN(C)C(C)(C)CO. The molecule has 1 aromatic rings. The van der Waals surface area contributed by atoms with Crippen LogP contribution in [0.3, 0.4) is 0 Å². The summed E-state index contributed by atoms with van der Waals surface area (Å²) in [7, 11) is 2.08. The lowest BCUT2D eigenvalue weighted by Crippen LogP contribution is -2.45. The van der Waals surface area contributed by atoms with Crippen molar-refractivity contribution in [2.24, 2.45) is 0 Å². The van der Waals surface area contributed by atoms with E-state index in [0.29, 0.717) is 5.92 Å². The molecule has 1 aromatic carbocycles. The van der Waals surface area contributed by atoms with Crippen LogP contribution in [0.4, 0.5) is 0 Å². The molecule has 108 valence electrons. The van der Waals surface area contributed by atoms with Gasteiger partial charge in [-0.3, -0.25) is 4.90 Å². The molecule has 0 saturated carbocycles. The van der Waals surface area contributed by atoms with Gasteiger partial charge in [-0.1, -0.05) is 32.0 Å². The average Bonchev–Trinajstić information content (AvgIpc) is 2.36. The summed E-state index contributed by atoms with van der Waals surface area (Å²) < 4.78 is 0. The summed E-state index contributed by atoms with van der Waals surface area (Å²) in [6, 6.07) is 6.78. The lowest BCUT2D eigenvalue weighted by atomic mass is 9.95. The number of hydrogen-bond acceptors (Lipinski definition) is 2. The van der Waals surface area contributed by atoms with Gasteiger partial charge in [-0.15, -0.1) is 0 Å². The number of aliphatic hydroxyl groups excluding tert-OH is 1. The zero-order chi connectivity index (χ0) is 14.6.